The SMILES string of the molecule is COc1ccc(O)c(C2=NN3[C@@H](c4ccsc4)Oc4ccc(Cl)cc4[C@@H]3C2)c1. The highest BCUT2D eigenvalue weighted by Gasteiger charge is 2.41. The number of hydrogen-bond donors (Lipinski definition) is 1. The van der Waals surface area contributed by atoms with Crippen molar-refractivity contribution in [1.82, 2.24) is 5.01 Å². The van der Waals surface area contributed by atoms with Gasteiger partial charge in [-0.1, -0.05) is 11.6 Å². The maximum Gasteiger partial charge on any atom is 0.214 e. The van der Waals surface area contributed by atoms with Gasteiger partial charge in [-0.2, -0.15) is 16.4 Å². The van der Waals surface area contributed by atoms with E-state index in [-0.39, 0.29) is 18.0 Å². The van der Waals surface area contributed by atoms with Gasteiger partial charge < -0.3 is 14.6 Å². The molecule has 5 rings (SSSR count). The van der Waals surface area contributed by atoms with Crippen LogP contribution in [0.1, 0.15) is 35.4 Å². The maximum atomic E-state index is 10.4. The first-order chi connectivity index (χ1) is 13.6. The number of phenols is 1. The lowest BCUT2D eigenvalue weighted by molar-refractivity contribution is -0.0187. The number of hydrazone groups is 1. The summed E-state index contributed by atoms with van der Waals surface area (Å²) in [6.45, 7) is 0. The Bertz CT molecular complexity index is 1070. The third-order valence-corrected chi connectivity index (χ3v) is 6.03. The van der Waals surface area contributed by atoms with Gasteiger partial charge in [0.15, 0.2) is 0 Å². The van der Waals surface area contributed by atoms with Gasteiger partial charge in [-0.25, -0.2) is 5.01 Å². The smallest absolute Gasteiger partial charge is 0.214 e. The van der Waals surface area contributed by atoms with Gasteiger partial charge in [0.1, 0.15) is 17.2 Å². The van der Waals surface area contributed by atoms with Crippen LogP contribution in [0.15, 0.2) is 58.3 Å². The molecule has 5 nitrogen and oxygen atoms in total. The Balaban J connectivity index is 1.61. The molecular formula is C21H17ClN2O3S. The van der Waals surface area contributed by atoms with E-state index in [0.717, 1.165) is 22.6 Å². The monoisotopic (exact) mass is 412 g/mol. The molecule has 0 amide bonds. The number of methoxy groups -OCH3 is 1. The molecule has 0 bridgehead atoms. The molecule has 3 aromatic rings. The fourth-order valence-corrected chi connectivity index (χ4v) is 4.58. The molecule has 1 N–H and O–H groups in total. The quantitative estimate of drug-likeness (QED) is 0.629. The summed E-state index contributed by atoms with van der Waals surface area (Å²) >= 11 is 7.88. The first-order valence-corrected chi connectivity index (χ1v) is 10.2. The number of hydrogen-bond acceptors (Lipinski definition) is 6. The lowest BCUT2D eigenvalue weighted by Gasteiger charge is -2.37. The molecule has 7 heteroatoms. The Morgan fingerprint density at radius 3 is 2.93 bits per heavy atom. The fourth-order valence-electron chi connectivity index (χ4n) is 3.73. The molecule has 0 fully saturated rings. The van der Waals surface area contributed by atoms with Gasteiger partial charge >= 0.3 is 0 Å². The highest BCUT2D eigenvalue weighted by Crippen LogP contribution is 2.49. The van der Waals surface area contributed by atoms with Gasteiger partial charge in [-0.3, -0.25) is 0 Å². The zero-order valence-corrected chi connectivity index (χ0v) is 16.6. The number of halogens is 1. The molecule has 142 valence electrons. The van der Waals surface area contributed by atoms with Crippen LogP contribution in [0.5, 0.6) is 17.2 Å². The van der Waals surface area contributed by atoms with Crippen molar-refractivity contribution in [2.24, 2.45) is 5.10 Å². The molecule has 0 radical (unpaired) electrons. The van der Waals surface area contributed by atoms with Crippen LogP contribution in [-0.4, -0.2) is 22.9 Å². The highest BCUT2D eigenvalue weighted by molar-refractivity contribution is 7.07. The van der Waals surface area contributed by atoms with Crippen LogP contribution in [0.3, 0.4) is 0 Å². The second-order valence-electron chi connectivity index (χ2n) is 6.74. The predicted molar refractivity (Wildman–Crippen MR) is 110 cm³/mol. The van der Waals surface area contributed by atoms with Crippen molar-refractivity contribution in [2.45, 2.75) is 18.7 Å². The number of phenolic OH excluding ortho intramolecular Hbond substituents is 1. The second-order valence-corrected chi connectivity index (χ2v) is 7.96. The summed E-state index contributed by atoms with van der Waals surface area (Å²) in [6, 6.07) is 12.9. The molecule has 0 spiro atoms. The molecule has 3 heterocycles. The van der Waals surface area contributed by atoms with Crippen LogP contribution in [0.2, 0.25) is 5.02 Å². The molecule has 2 aliphatic rings. The summed E-state index contributed by atoms with van der Waals surface area (Å²) in [7, 11) is 1.61. The predicted octanol–water partition coefficient (Wildman–Crippen LogP) is 5.36. The Morgan fingerprint density at radius 1 is 1.25 bits per heavy atom. The summed E-state index contributed by atoms with van der Waals surface area (Å²) in [6.07, 6.45) is 0.313. The fraction of sp³-hybridized carbons (Fsp3) is 0.190. The summed E-state index contributed by atoms with van der Waals surface area (Å²) in [5, 5.41) is 22.0. The molecule has 28 heavy (non-hydrogen) atoms. The van der Waals surface area contributed by atoms with Crippen molar-refractivity contribution in [1.29, 1.82) is 0 Å². The molecule has 1 aromatic heterocycles. The number of ether oxygens (including phenoxy) is 2. The van der Waals surface area contributed by atoms with Gasteiger partial charge in [-0.05, 0) is 53.2 Å². The van der Waals surface area contributed by atoms with Crippen molar-refractivity contribution in [3.63, 3.8) is 0 Å². The Morgan fingerprint density at radius 2 is 2.14 bits per heavy atom. The van der Waals surface area contributed by atoms with Crippen molar-refractivity contribution < 1.29 is 14.6 Å². The van der Waals surface area contributed by atoms with E-state index in [1.165, 1.54) is 0 Å². The molecule has 0 saturated heterocycles. The van der Waals surface area contributed by atoms with Gasteiger partial charge in [0.25, 0.3) is 0 Å². The molecule has 2 aliphatic heterocycles. The van der Waals surface area contributed by atoms with E-state index < -0.39 is 0 Å². The van der Waals surface area contributed by atoms with Gasteiger partial charge in [0.05, 0.1) is 18.9 Å². The minimum atomic E-state index is -0.324. The standard InChI is InChI=1S/C21H17ClN2O3S/c1-26-14-3-4-19(25)15(9-14)17-10-18-16-8-13(22)2-5-20(16)27-21(24(18)23-17)12-6-7-28-11-12/h2-9,11,18,21,25H,10H2,1H3/t18-,21+/m0/s1. The lowest BCUT2D eigenvalue weighted by atomic mass is 9.95. The summed E-state index contributed by atoms with van der Waals surface area (Å²) in [4.78, 5) is 0. The third-order valence-electron chi connectivity index (χ3n) is 5.09. The number of thiophene rings is 1. The zero-order chi connectivity index (χ0) is 19.3. The minimum absolute atomic E-state index is 0.0204. The maximum absolute atomic E-state index is 10.4. The number of nitrogens with zero attached hydrogens (tertiary/aromatic N) is 2. The summed E-state index contributed by atoms with van der Waals surface area (Å²) in [5.74, 6) is 1.67. The molecule has 2 aromatic carbocycles. The molecule has 0 aliphatic carbocycles. The molecule has 0 saturated carbocycles. The van der Waals surface area contributed by atoms with E-state index in [1.807, 2.05) is 40.7 Å². The van der Waals surface area contributed by atoms with Crippen molar-refractivity contribution in [2.75, 3.05) is 7.11 Å². The van der Waals surface area contributed by atoms with E-state index >= 15 is 0 Å². The van der Waals surface area contributed by atoms with E-state index in [4.69, 9.17) is 26.2 Å². The number of benzene rings is 2. The van der Waals surface area contributed by atoms with E-state index in [1.54, 1.807) is 30.6 Å². The van der Waals surface area contributed by atoms with Crippen LogP contribution < -0.4 is 9.47 Å². The largest absolute Gasteiger partial charge is 0.507 e. The summed E-state index contributed by atoms with van der Waals surface area (Å²) in [5.41, 5.74) is 3.51. The zero-order valence-electron chi connectivity index (χ0n) is 15.0. The van der Waals surface area contributed by atoms with Crippen LogP contribution in [-0.2, 0) is 0 Å². The van der Waals surface area contributed by atoms with E-state index in [0.29, 0.717) is 22.8 Å². The van der Waals surface area contributed by atoms with Gasteiger partial charge in [-0.15, -0.1) is 0 Å². The second kappa shape index (κ2) is 6.72. The normalized spacial score (nSPS) is 20.2. The lowest BCUT2D eigenvalue weighted by Crippen LogP contribution is -2.33. The molecule has 2 atom stereocenters. The topological polar surface area (TPSA) is 54.3 Å². The van der Waals surface area contributed by atoms with Crippen LogP contribution in [0, 0.1) is 0 Å². The van der Waals surface area contributed by atoms with Crippen molar-refractivity contribution >= 4 is 28.6 Å². The number of rotatable bonds is 3. The number of aromatic hydroxyl groups is 1. The van der Waals surface area contributed by atoms with E-state index in [2.05, 4.69) is 5.38 Å². The van der Waals surface area contributed by atoms with Crippen LogP contribution in [0.25, 0.3) is 0 Å². The third kappa shape index (κ3) is 2.80. The highest BCUT2D eigenvalue weighted by atomic mass is 35.5. The Kier molecular flexibility index (Phi) is 4.18. The summed E-state index contributed by atoms with van der Waals surface area (Å²) < 4.78 is 11.6. The first kappa shape index (κ1) is 17.4. The average Bonchev–Trinajstić information content (AvgIpc) is 3.38. The minimum Gasteiger partial charge on any atom is -0.507 e. The van der Waals surface area contributed by atoms with Gasteiger partial charge in [0, 0.05) is 28.1 Å². The first-order valence-electron chi connectivity index (χ1n) is 8.85. The van der Waals surface area contributed by atoms with Crippen molar-refractivity contribution in [3.05, 3.63) is 74.9 Å². The Hall–Kier alpha value is -2.70. The van der Waals surface area contributed by atoms with Crippen molar-refractivity contribution in [3.8, 4) is 17.2 Å². The molecule has 0 unspecified atom stereocenters. The Labute approximate surface area is 171 Å². The van der Waals surface area contributed by atoms with Gasteiger partial charge in [0.2, 0.25) is 6.23 Å². The van der Waals surface area contributed by atoms with Crippen LogP contribution >= 0.6 is 22.9 Å². The average molecular weight is 413 g/mol. The molecular weight excluding hydrogens is 396 g/mol. The van der Waals surface area contributed by atoms with E-state index in [9.17, 15) is 5.11 Å². The van der Waals surface area contributed by atoms with Crippen LogP contribution in [0.4, 0.5) is 0 Å². The number of fused-ring (bicyclic) bond motifs is 3.